The minimum atomic E-state index is -4.48. The molecule has 1 aromatic carbocycles. The van der Waals surface area contributed by atoms with Crippen molar-refractivity contribution in [1.82, 2.24) is 15.1 Å². The van der Waals surface area contributed by atoms with Gasteiger partial charge in [-0.1, -0.05) is 13.0 Å². The van der Waals surface area contributed by atoms with E-state index in [-0.39, 0.29) is 23.7 Å². The van der Waals surface area contributed by atoms with Gasteiger partial charge in [-0.2, -0.15) is 13.2 Å². The highest BCUT2D eigenvalue weighted by atomic mass is 19.4. The molecule has 1 amide bonds. The molecule has 0 bridgehead atoms. The van der Waals surface area contributed by atoms with Crippen molar-refractivity contribution < 1.29 is 18.0 Å². The quantitative estimate of drug-likeness (QED) is 0.880. The van der Waals surface area contributed by atoms with E-state index in [9.17, 15) is 18.0 Å². The van der Waals surface area contributed by atoms with Crippen LogP contribution in [0, 0.1) is 0 Å². The van der Waals surface area contributed by atoms with Crippen molar-refractivity contribution in [3.8, 4) is 0 Å². The highest BCUT2D eigenvalue weighted by molar-refractivity contribution is 5.94. The summed E-state index contributed by atoms with van der Waals surface area (Å²) in [5, 5.41) is 2.63. The smallest absolute Gasteiger partial charge is 0.350 e. The van der Waals surface area contributed by atoms with Crippen LogP contribution in [-0.2, 0) is 12.7 Å². The number of piperazine rings is 1. The number of hydrogen-bond acceptors (Lipinski definition) is 3. The van der Waals surface area contributed by atoms with Crippen LogP contribution in [0.15, 0.2) is 18.2 Å². The first-order valence-corrected chi connectivity index (χ1v) is 8.66. The van der Waals surface area contributed by atoms with E-state index >= 15 is 0 Å². The van der Waals surface area contributed by atoms with E-state index in [4.69, 9.17) is 0 Å². The summed E-state index contributed by atoms with van der Waals surface area (Å²) in [4.78, 5) is 16.3. The molecule has 4 nitrogen and oxygen atoms in total. The van der Waals surface area contributed by atoms with Gasteiger partial charge in [-0.15, -0.1) is 0 Å². The number of amides is 1. The van der Waals surface area contributed by atoms with E-state index in [1.54, 1.807) is 13.8 Å². The minimum Gasteiger partial charge on any atom is -0.350 e. The molecule has 0 saturated carbocycles. The zero-order valence-corrected chi connectivity index (χ0v) is 15.0. The van der Waals surface area contributed by atoms with Crippen molar-refractivity contribution in [1.29, 1.82) is 0 Å². The van der Waals surface area contributed by atoms with Gasteiger partial charge in [-0.25, -0.2) is 0 Å². The number of rotatable bonds is 5. The van der Waals surface area contributed by atoms with Gasteiger partial charge in [0.05, 0.1) is 5.56 Å². The predicted octanol–water partition coefficient (Wildman–Crippen LogP) is 2.98. The molecule has 2 rings (SSSR count). The molecule has 1 saturated heterocycles. The first kappa shape index (κ1) is 19.7. The largest absolute Gasteiger partial charge is 0.416 e. The average Bonchev–Trinajstić information content (AvgIpc) is 2.54. The summed E-state index contributed by atoms with van der Waals surface area (Å²) in [6.07, 6.45) is -4.48. The molecule has 0 unspecified atom stereocenters. The second kappa shape index (κ2) is 8.19. The van der Waals surface area contributed by atoms with Crippen molar-refractivity contribution in [3.05, 3.63) is 34.9 Å². The number of carbonyl (C=O) groups excluding carboxylic acids is 1. The Bertz CT molecular complexity index is 594. The fourth-order valence-corrected chi connectivity index (χ4v) is 2.97. The van der Waals surface area contributed by atoms with Crippen LogP contribution in [0.4, 0.5) is 13.2 Å². The zero-order valence-electron chi connectivity index (χ0n) is 15.0. The maximum absolute atomic E-state index is 13.5. The van der Waals surface area contributed by atoms with Crippen LogP contribution in [0.2, 0.25) is 0 Å². The fourth-order valence-electron chi connectivity index (χ4n) is 2.97. The van der Waals surface area contributed by atoms with Crippen LogP contribution >= 0.6 is 0 Å². The standard InChI is InChI=1S/C18H26F3N3O/c1-4-23-7-9-24(10-8-23)12-15-6-5-14(17(25)22-13(2)3)11-16(15)18(19,20)21/h5-6,11,13H,4,7-10,12H2,1-3H3,(H,22,25). The second-order valence-corrected chi connectivity index (χ2v) is 6.71. The maximum atomic E-state index is 13.5. The summed E-state index contributed by atoms with van der Waals surface area (Å²) in [6, 6.07) is 3.75. The molecule has 1 N–H and O–H groups in total. The Morgan fingerprint density at radius 1 is 1.16 bits per heavy atom. The number of halogens is 3. The third kappa shape index (κ3) is 5.44. The minimum absolute atomic E-state index is 0.0422. The summed E-state index contributed by atoms with van der Waals surface area (Å²) >= 11 is 0. The van der Waals surface area contributed by atoms with E-state index < -0.39 is 17.6 Å². The van der Waals surface area contributed by atoms with Crippen LogP contribution < -0.4 is 5.32 Å². The molecule has 1 aliphatic heterocycles. The molecule has 0 radical (unpaired) electrons. The Balaban J connectivity index is 2.19. The van der Waals surface area contributed by atoms with Gasteiger partial charge in [0.15, 0.2) is 0 Å². The van der Waals surface area contributed by atoms with E-state index in [2.05, 4.69) is 17.1 Å². The highest BCUT2D eigenvalue weighted by Crippen LogP contribution is 2.33. The van der Waals surface area contributed by atoms with Crippen LogP contribution in [0.1, 0.15) is 42.3 Å². The summed E-state index contributed by atoms with van der Waals surface area (Å²) < 4.78 is 40.4. The molecule has 1 heterocycles. The number of alkyl halides is 3. The molecule has 25 heavy (non-hydrogen) atoms. The van der Waals surface area contributed by atoms with Gasteiger partial charge < -0.3 is 10.2 Å². The van der Waals surface area contributed by atoms with Crippen LogP contribution in [0.5, 0.6) is 0 Å². The molecule has 1 fully saturated rings. The lowest BCUT2D eigenvalue weighted by Crippen LogP contribution is -2.45. The summed E-state index contributed by atoms with van der Waals surface area (Å²) in [5.74, 6) is -0.483. The summed E-state index contributed by atoms with van der Waals surface area (Å²) in [5.41, 5.74) is -0.457. The molecular formula is C18H26F3N3O. The zero-order chi connectivity index (χ0) is 18.6. The van der Waals surface area contributed by atoms with Gasteiger partial charge >= 0.3 is 6.18 Å². The molecule has 0 aliphatic carbocycles. The van der Waals surface area contributed by atoms with Gasteiger partial charge in [0.1, 0.15) is 0 Å². The van der Waals surface area contributed by atoms with Crippen molar-refractivity contribution >= 4 is 5.91 Å². The second-order valence-electron chi connectivity index (χ2n) is 6.71. The van der Waals surface area contributed by atoms with Gasteiger partial charge in [0.25, 0.3) is 5.91 Å². The molecular weight excluding hydrogens is 331 g/mol. The molecule has 0 aromatic heterocycles. The van der Waals surface area contributed by atoms with E-state index in [1.807, 2.05) is 4.90 Å². The van der Waals surface area contributed by atoms with Crippen LogP contribution in [0.3, 0.4) is 0 Å². The van der Waals surface area contributed by atoms with Crippen LogP contribution in [0.25, 0.3) is 0 Å². The molecule has 1 aromatic rings. The lowest BCUT2D eigenvalue weighted by Gasteiger charge is -2.34. The Kier molecular flexibility index (Phi) is 6.46. The Labute approximate surface area is 147 Å². The Morgan fingerprint density at radius 3 is 2.28 bits per heavy atom. The number of benzene rings is 1. The maximum Gasteiger partial charge on any atom is 0.416 e. The lowest BCUT2D eigenvalue weighted by molar-refractivity contribution is -0.138. The molecule has 0 atom stereocenters. The highest BCUT2D eigenvalue weighted by Gasteiger charge is 2.34. The lowest BCUT2D eigenvalue weighted by atomic mass is 10.0. The molecule has 1 aliphatic rings. The fraction of sp³-hybridized carbons (Fsp3) is 0.611. The number of nitrogens with zero attached hydrogens (tertiary/aromatic N) is 2. The first-order chi connectivity index (χ1) is 11.7. The van der Waals surface area contributed by atoms with Gasteiger partial charge in [0.2, 0.25) is 0 Å². The third-order valence-electron chi connectivity index (χ3n) is 4.40. The monoisotopic (exact) mass is 357 g/mol. The molecule has 140 valence electrons. The third-order valence-corrected chi connectivity index (χ3v) is 4.40. The number of hydrogen-bond donors (Lipinski definition) is 1. The molecule has 7 heteroatoms. The topological polar surface area (TPSA) is 35.6 Å². The average molecular weight is 357 g/mol. The van der Waals surface area contributed by atoms with E-state index in [1.165, 1.54) is 12.1 Å². The Hall–Kier alpha value is -1.60. The predicted molar refractivity (Wildman–Crippen MR) is 91.4 cm³/mol. The number of carbonyl (C=O) groups is 1. The van der Waals surface area contributed by atoms with Crippen molar-refractivity contribution in [2.75, 3.05) is 32.7 Å². The van der Waals surface area contributed by atoms with Gasteiger partial charge in [-0.05, 0) is 38.1 Å². The summed E-state index contributed by atoms with van der Waals surface area (Å²) in [7, 11) is 0. The number of likely N-dealkylation sites (N-methyl/N-ethyl adjacent to an activating group) is 1. The van der Waals surface area contributed by atoms with Crippen molar-refractivity contribution in [2.24, 2.45) is 0 Å². The van der Waals surface area contributed by atoms with E-state index in [0.29, 0.717) is 0 Å². The van der Waals surface area contributed by atoms with Gasteiger partial charge in [-0.3, -0.25) is 9.69 Å². The molecule has 0 spiro atoms. The normalized spacial score (nSPS) is 17.1. The SMILES string of the molecule is CCN1CCN(Cc2ccc(C(=O)NC(C)C)cc2C(F)(F)F)CC1. The number of nitrogens with one attached hydrogen (secondary N) is 1. The van der Waals surface area contributed by atoms with Gasteiger partial charge in [0, 0.05) is 44.3 Å². The Morgan fingerprint density at radius 2 is 1.76 bits per heavy atom. The van der Waals surface area contributed by atoms with Crippen molar-refractivity contribution in [2.45, 2.75) is 39.5 Å². The van der Waals surface area contributed by atoms with Crippen molar-refractivity contribution in [3.63, 3.8) is 0 Å². The summed E-state index contributed by atoms with van der Waals surface area (Å²) in [6.45, 7) is 10.1. The van der Waals surface area contributed by atoms with Crippen LogP contribution in [-0.4, -0.2) is 54.5 Å². The van der Waals surface area contributed by atoms with E-state index in [0.717, 1.165) is 38.8 Å². The first-order valence-electron chi connectivity index (χ1n) is 8.66.